The minimum absolute atomic E-state index is 0.648. The Balaban J connectivity index is 2.44. The monoisotopic (exact) mass is 268 g/mol. The summed E-state index contributed by atoms with van der Waals surface area (Å²) in [4.78, 5) is 10.1. The average molecular weight is 268 g/mol. The quantitative estimate of drug-likeness (QED) is 0.616. The van der Waals surface area contributed by atoms with Crippen LogP contribution in [0.2, 0.25) is 0 Å². The van der Waals surface area contributed by atoms with Crippen molar-refractivity contribution in [3.63, 3.8) is 0 Å². The van der Waals surface area contributed by atoms with Gasteiger partial charge in [0.15, 0.2) is 5.96 Å². The molecule has 1 heterocycles. The number of aryl methyl sites for hydroxylation is 1. The van der Waals surface area contributed by atoms with Crippen molar-refractivity contribution in [1.29, 1.82) is 0 Å². The van der Waals surface area contributed by atoms with E-state index in [0.29, 0.717) is 12.5 Å². The molecule has 2 N–H and O–H groups in total. The maximum Gasteiger partial charge on any atom is 0.191 e. The van der Waals surface area contributed by atoms with Gasteiger partial charge in [0.2, 0.25) is 0 Å². The zero-order valence-electron chi connectivity index (χ0n) is 11.8. The summed E-state index contributed by atoms with van der Waals surface area (Å²) >= 11 is 1.70. The van der Waals surface area contributed by atoms with Crippen LogP contribution in [0.5, 0.6) is 0 Å². The minimum atomic E-state index is 0.648. The molecule has 4 nitrogen and oxygen atoms in total. The Kier molecular flexibility index (Phi) is 6.72. The van der Waals surface area contributed by atoms with Gasteiger partial charge in [0, 0.05) is 24.2 Å². The number of guanidine groups is 1. The molecule has 1 rings (SSSR count). The zero-order valence-corrected chi connectivity index (χ0v) is 12.6. The third-order valence-corrected chi connectivity index (χ3v) is 3.30. The van der Waals surface area contributed by atoms with Gasteiger partial charge < -0.3 is 10.6 Å². The highest BCUT2D eigenvalue weighted by molar-refractivity contribution is 7.11. The molecule has 0 aliphatic carbocycles. The fourth-order valence-corrected chi connectivity index (χ4v) is 2.15. The zero-order chi connectivity index (χ0) is 13.4. The van der Waals surface area contributed by atoms with Crippen LogP contribution in [0.3, 0.4) is 0 Å². The molecule has 0 saturated carbocycles. The van der Waals surface area contributed by atoms with Crippen molar-refractivity contribution in [2.45, 2.75) is 40.7 Å². The fourth-order valence-electron chi connectivity index (χ4n) is 1.44. The first-order chi connectivity index (χ1) is 8.61. The molecule has 0 aliphatic heterocycles. The van der Waals surface area contributed by atoms with Gasteiger partial charge >= 0.3 is 0 Å². The van der Waals surface area contributed by atoms with Crippen LogP contribution in [0.4, 0.5) is 0 Å². The molecule has 1 aromatic rings. The Bertz CT molecular complexity index is 371. The lowest BCUT2D eigenvalue weighted by Crippen LogP contribution is -2.38. The van der Waals surface area contributed by atoms with Crippen molar-refractivity contribution in [2.75, 3.05) is 13.1 Å². The average Bonchev–Trinajstić information content (AvgIpc) is 2.71. The molecule has 102 valence electrons. The van der Waals surface area contributed by atoms with Gasteiger partial charge in [-0.15, -0.1) is 11.3 Å². The first-order valence-corrected chi connectivity index (χ1v) is 7.37. The van der Waals surface area contributed by atoms with Gasteiger partial charge in [-0.25, -0.2) is 9.98 Å². The van der Waals surface area contributed by atoms with Gasteiger partial charge in [-0.3, -0.25) is 0 Å². The molecule has 0 bridgehead atoms. The van der Waals surface area contributed by atoms with Crippen molar-refractivity contribution < 1.29 is 0 Å². The lowest BCUT2D eigenvalue weighted by molar-refractivity contribution is 0.573. The summed E-state index contributed by atoms with van der Waals surface area (Å²) in [6.07, 6.45) is 3.05. The number of aromatic nitrogens is 1. The van der Waals surface area contributed by atoms with E-state index in [1.807, 2.05) is 6.20 Å². The molecule has 1 aromatic heterocycles. The lowest BCUT2D eigenvalue weighted by Gasteiger charge is -2.11. The predicted molar refractivity (Wildman–Crippen MR) is 79.1 cm³/mol. The number of rotatable bonds is 6. The fraction of sp³-hybridized carbons (Fsp3) is 0.692. The third kappa shape index (κ3) is 6.00. The van der Waals surface area contributed by atoms with Gasteiger partial charge in [0.1, 0.15) is 5.01 Å². The maximum atomic E-state index is 4.54. The summed E-state index contributed by atoms with van der Waals surface area (Å²) in [7, 11) is 0. The standard InChI is InChI=1S/C13H24N4S/c1-5-14-13(15-7-6-10(2)3)17-9-12-16-8-11(4)18-12/h8,10H,5-7,9H2,1-4H3,(H2,14,15,17). The van der Waals surface area contributed by atoms with E-state index in [4.69, 9.17) is 0 Å². The van der Waals surface area contributed by atoms with E-state index in [1.54, 1.807) is 11.3 Å². The normalized spacial score (nSPS) is 11.9. The molecule has 0 spiro atoms. The molecule has 0 aromatic carbocycles. The van der Waals surface area contributed by atoms with Gasteiger partial charge in [-0.2, -0.15) is 0 Å². The van der Waals surface area contributed by atoms with E-state index in [9.17, 15) is 0 Å². The van der Waals surface area contributed by atoms with Crippen molar-refractivity contribution in [3.8, 4) is 0 Å². The Morgan fingerprint density at radius 2 is 2.22 bits per heavy atom. The maximum absolute atomic E-state index is 4.54. The summed E-state index contributed by atoms with van der Waals surface area (Å²) in [5.74, 6) is 1.59. The Morgan fingerprint density at radius 3 is 2.78 bits per heavy atom. The minimum Gasteiger partial charge on any atom is -0.357 e. The summed E-state index contributed by atoms with van der Waals surface area (Å²) in [6.45, 7) is 11.1. The Morgan fingerprint density at radius 1 is 1.44 bits per heavy atom. The molecule has 0 amide bonds. The van der Waals surface area contributed by atoms with E-state index >= 15 is 0 Å². The third-order valence-electron chi connectivity index (χ3n) is 2.40. The smallest absolute Gasteiger partial charge is 0.191 e. The van der Waals surface area contributed by atoms with Crippen LogP contribution < -0.4 is 10.6 Å². The van der Waals surface area contributed by atoms with Gasteiger partial charge in [-0.05, 0) is 26.2 Å². The molecule has 0 unspecified atom stereocenters. The summed E-state index contributed by atoms with van der Waals surface area (Å²) < 4.78 is 0. The number of hydrogen-bond donors (Lipinski definition) is 2. The number of aliphatic imine (C=N–C) groups is 1. The molecule has 0 fully saturated rings. The number of hydrogen-bond acceptors (Lipinski definition) is 3. The van der Waals surface area contributed by atoms with Crippen LogP contribution in [0.25, 0.3) is 0 Å². The topological polar surface area (TPSA) is 49.3 Å². The van der Waals surface area contributed by atoms with Crippen LogP contribution >= 0.6 is 11.3 Å². The molecule has 18 heavy (non-hydrogen) atoms. The van der Waals surface area contributed by atoms with E-state index in [0.717, 1.165) is 30.5 Å². The largest absolute Gasteiger partial charge is 0.357 e. The SMILES string of the molecule is CCNC(=NCc1ncc(C)s1)NCCC(C)C. The second-order valence-corrected chi connectivity index (χ2v) is 5.99. The number of nitrogens with zero attached hydrogens (tertiary/aromatic N) is 2. The summed E-state index contributed by atoms with van der Waals surface area (Å²) in [5, 5.41) is 7.66. The molecule has 0 aliphatic rings. The predicted octanol–water partition coefficient (Wildman–Crippen LogP) is 2.55. The van der Waals surface area contributed by atoms with Crippen LogP contribution in [0, 0.1) is 12.8 Å². The highest BCUT2D eigenvalue weighted by atomic mass is 32.1. The lowest BCUT2D eigenvalue weighted by atomic mass is 10.1. The molecular formula is C13H24N4S. The van der Waals surface area contributed by atoms with Crippen molar-refractivity contribution in [1.82, 2.24) is 15.6 Å². The first-order valence-electron chi connectivity index (χ1n) is 6.55. The number of nitrogens with one attached hydrogen (secondary N) is 2. The van der Waals surface area contributed by atoms with Gasteiger partial charge in [0.25, 0.3) is 0 Å². The van der Waals surface area contributed by atoms with Crippen LogP contribution in [-0.4, -0.2) is 24.0 Å². The molecule has 0 radical (unpaired) electrons. The highest BCUT2D eigenvalue weighted by Crippen LogP contribution is 2.11. The molecule has 0 saturated heterocycles. The molecule has 5 heteroatoms. The van der Waals surface area contributed by atoms with E-state index in [2.05, 4.69) is 48.3 Å². The second-order valence-electron chi connectivity index (χ2n) is 4.67. The van der Waals surface area contributed by atoms with Crippen molar-refractivity contribution in [3.05, 3.63) is 16.1 Å². The van der Waals surface area contributed by atoms with Crippen molar-refractivity contribution >= 4 is 17.3 Å². The van der Waals surface area contributed by atoms with Crippen LogP contribution in [0.1, 0.15) is 37.1 Å². The van der Waals surface area contributed by atoms with E-state index < -0.39 is 0 Å². The Labute approximate surface area is 114 Å². The summed E-state index contributed by atoms with van der Waals surface area (Å²) in [5.41, 5.74) is 0. The first kappa shape index (κ1) is 15.0. The van der Waals surface area contributed by atoms with Crippen LogP contribution in [0.15, 0.2) is 11.2 Å². The Hall–Kier alpha value is -1.10. The molecular weight excluding hydrogens is 244 g/mol. The van der Waals surface area contributed by atoms with Gasteiger partial charge in [-0.1, -0.05) is 13.8 Å². The van der Waals surface area contributed by atoms with Gasteiger partial charge in [0.05, 0.1) is 6.54 Å². The van der Waals surface area contributed by atoms with Crippen LogP contribution in [-0.2, 0) is 6.54 Å². The summed E-state index contributed by atoms with van der Waals surface area (Å²) in [6, 6.07) is 0. The van der Waals surface area contributed by atoms with E-state index in [1.165, 1.54) is 4.88 Å². The highest BCUT2D eigenvalue weighted by Gasteiger charge is 2.00. The van der Waals surface area contributed by atoms with E-state index in [-0.39, 0.29) is 0 Å². The van der Waals surface area contributed by atoms with Crippen molar-refractivity contribution in [2.24, 2.45) is 10.9 Å². The number of thiazole rings is 1. The molecule has 0 atom stereocenters. The second kappa shape index (κ2) is 8.08.